The van der Waals surface area contributed by atoms with Crippen molar-refractivity contribution in [2.24, 2.45) is 11.7 Å². The molecule has 0 fully saturated rings. The maximum absolute atomic E-state index is 6.01. The fourth-order valence-electron chi connectivity index (χ4n) is 1.32. The van der Waals surface area contributed by atoms with Crippen LogP contribution in [0.3, 0.4) is 0 Å². The molecule has 0 aliphatic heterocycles. The first-order chi connectivity index (χ1) is 7.00. The van der Waals surface area contributed by atoms with E-state index < -0.39 is 0 Å². The summed E-state index contributed by atoms with van der Waals surface area (Å²) in [5.41, 5.74) is 8.16. The first-order valence-corrected chi connectivity index (χ1v) is 5.57. The first kappa shape index (κ1) is 12.1. The summed E-state index contributed by atoms with van der Waals surface area (Å²) in [7, 11) is 0. The Morgan fingerprint density at radius 3 is 2.40 bits per heavy atom. The minimum atomic E-state index is 0.180. The van der Waals surface area contributed by atoms with Gasteiger partial charge in [-0.3, -0.25) is 0 Å². The minimum absolute atomic E-state index is 0.180. The van der Waals surface area contributed by atoms with Crippen molar-refractivity contribution in [1.82, 2.24) is 9.97 Å². The number of nitrogens with two attached hydrogens (primary N) is 1. The Morgan fingerprint density at radius 1 is 1.20 bits per heavy atom. The van der Waals surface area contributed by atoms with Gasteiger partial charge in [0.25, 0.3) is 0 Å². The van der Waals surface area contributed by atoms with Gasteiger partial charge in [-0.25, -0.2) is 9.97 Å². The van der Waals surface area contributed by atoms with E-state index in [-0.39, 0.29) is 6.04 Å². The third-order valence-corrected chi connectivity index (χ3v) is 2.64. The molecular formula is C12H21N3. The van der Waals surface area contributed by atoms with E-state index >= 15 is 0 Å². The second kappa shape index (κ2) is 5.21. The van der Waals surface area contributed by atoms with Gasteiger partial charge in [-0.15, -0.1) is 0 Å². The lowest BCUT2D eigenvalue weighted by atomic mass is 9.99. The maximum atomic E-state index is 6.01. The van der Waals surface area contributed by atoms with E-state index in [0.717, 1.165) is 17.8 Å². The van der Waals surface area contributed by atoms with Crippen molar-refractivity contribution in [2.75, 3.05) is 0 Å². The average Bonchev–Trinajstić information content (AvgIpc) is 2.18. The molecule has 1 atom stereocenters. The van der Waals surface area contributed by atoms with E-state index in [9.17, 15) is 0 Å². The topological polar surface area (TPSA) is 51.8 Å². The van der Waals surface area contributed by atoms with E-state index in [1.165, 1.54) is 0 Å². The first-order valence-electron chi connectivity index (χ1n) is 5.57. The van der Waals surface area contributed by atoms with Gasteiger partial charge in [-0.2, -0.15) is 0 Å². The second-order valence-corrected chi connectivity index (χ2v) is 4.70. The maximum Gasteiger partial charge on any atom is 0.115 e. The van der Waals surface area contributed by atoms with Gasteiger partial charge in [0.15, 0.2) is 0 Å². The summed E-state index contributed by atoms with van der Waals surface area (Å²) in [6.07, 6.45) is 2.47. The van der Waals surface area contributed by atoms with E-state index in [1.807, 2.05) is 0 Å². The van der Waals surface area contributed by atoms with Crippen LogP contribution in [0.1, 0.15) is 45.0 Å². The normalized spacial score (nSPS) is 13.5. The van der Waals surface area contributed by atoms with Gasteiger partial charge in [0.2, 0.25) is 0 Å². The number of hydrogen-bond acceptors (Lipinski definition) is 3. The molecule has 3 nitrogen and oxygen atoms in total. The summed E-state index contributed by atoms with van der Waals surface area (Å²) in [5, 5.41) is 0. The van der Waals surface area contributed by atoms with Crippen LogP contribution in [0.4, 0.5) is 0 Å². The molecule has 1 aromatic heterocycles. The van der Waals surface area contributed by atoms with Crippen molar-refractivity contribution < 1.29 is 0 Å². The molecule has 1 rings (SSSR count). The molecule has 1 unspecified atom stereocenters. The molecular weight excluding hydrogens is 186 g/mol. The van der Waals surface area contributed by atoms with Crippen molar-refractivity contribution in [3.8, 4) is 0 Å². The molecule has 84 valence electrons. The van der Waals surface area contributed by atoms with Crippen LogP contribution in [0.5, 0.6) is 0 Å². The summed E-state index contributed by atoms with van der Waals surface area (Å²) in [4.78, 5) is 8.49. The highest BCUT2D eigenvalue weighted by Crippen LogP contribution is 2.13. The number of hydrogen-bond donors (Lipinski definition) is 1. The monoisotopic (exact) mass is 207 g/mol. The van der Waals surface area contributed by atoms with Crippen LogP contribution in [0, 0.1) is 5.92 Å². The molecule has 1 heterocycles. The zero-order chi connectivity index (χ0) is 11.4. The quantitative estimate of drug-likeness (QED) is 0.822. The molecule has 3 heteroatoms. The molecule has 0 aliphatic carbocycles. The predicted molar refractivity (Wildman–Crippen MR) is 62.6 cm³/mol. The third kappa shape index (κ3) is 3.59. The van der Waals surface area contributed by atoms with E-state index in [4.69, 9.17) is 5.73 Å². The SMILES string of the molecule is CC(C)c1cc(CC(N)C(C)C)ncn1. The average molecular weight is 207 g/mol. The molecule has 0 radical (unpaired) electrons. The van der Waals surface area contributed by atoms with Crippen molar-refractivity contribution in [3.63, 3.8) is 0 Å². The summed E-state index contributed by atoms with van der Waals surface area (Å²) in [6.45, 7) is 8.54. The van der Waals surface area contributed by atoms with Crippen LogP contribution in [0.2, 0.25) is 0 Å². The summed E-state index contributed by atoms with van der Waals surface area (Å²) >= 11 is 0. The molecule has 0 saturated carbocycles. The summed E-state index contributed by atoms with van der Waals surface area (Å²) in [5.74, 6) is 0.935. The molecule has 0 spiro atoms. The van der Waals surface area contributed by atoms with Crippen LogP contribution < -0.4 is 5.73 Å². The zero-order valence-electron chi connectivity index (χ0n) is 10.1. The Balaban J connectivity index is 2.73. The van der Waals surface area contributed by atoms with Crippen LogP contribution in [-0.2, 0) is 6.42 Å². The number of rotatable bonds is 4. The third-order valence-electron chi connectivity index (χ3n) is 2.64. The van der Waals surface area contributed by atoms with Crippen molar-refractivity contribution in [2.45, 2.75) is 46.1 Å². The minimum Gasteiger partial charge on any atom is -0.327 e. The van der Waals surface area contributed by atoms with Crippen molar-refractivity contribution in [1.29, 1.82) is 0 Å². The van der Waals surface area contributed by atoms with Crippen molar-refractivity contribution >= 4 is 0 Å². The molecule has 0 amide bonds. The Labute approximate surface area is 92.1 Å². The molecule has 15 heavy (non-hydrogen) atoms. The summed E-state index contributed by atoms with van der Waals surface area (Å²) < 4.78 is 0. The fraction of sp³-hybridized carbons (Fsp3) is 0.667. The number of nitrogens with zero attached hydrogens (tertiary/aromatic N) is 2. The van der Waals surface area contributed by atoms with E-state index in [1.54, 1.807) is 6.33 Å². The molecule has 0 aromatic carbocycles. The molecule has 0 saturated heterocycles. The molecule has 2 N–H and O–H groups in total. The standard InChI is InChI=1S/C12H21N3/c1-8(2)11(13)5-10-6-12(9(3)4)15-7-14-10/h6-9,11H,5,13H2,1-4H3. The largest absolute Gasteiger partial charge is 0.327 e. The van der Waals surface area contributed by atoms with Gasteiger partial charge in [0.1, 0.15) is 6.33 Å². The van der Waals surface area contributed by atoms with Crippen LogP contribution in [0.15, 0.2) is 12.4 Å². The van der Waals surface area contributed by atoms with E-state index in [2.05, 4.69) is 43.7 Å². The van der Waals surface area contributed by atoms with Gasteiger partial charge >= 0.3 is 0 Å². The Morgan fingerprint density at radius 2 is 1.87 bits per heavy atom. The molecule has 1 aromatic rings. The van der Waals surface area contributed by atoms with E-state index in [0.29, 0.717) is 11.8 Å². The Bertz CT molecular complexity index is 307. The van der Waals surface area contributed by atoms with Crippen LogP contribution in [0.25, 0.3) is 0 Å². The highest BCUT2D eigenvalue weighted by molar-refractivity contribution is 5.12. The molecule has 0 aliphatic rings. The second-order valence-electron chi connectivity index (χ2n) is 4.70. The lowest BCUT2D eigenvalue weighted by Crippen LogP contribution is -2.29. The smallest absolute Gasteiger partial charge is 0.115 e. The molecule has 0 bridgehead atoms. The van der Waals surface area contributed by atoms with Crippen LogP contribution >= 0.6 is 0 Å². The van der Waals surface area contributed by atoms with Gasteiger partial charge in [0, 0.05) is 23.9 Å². The summed E-state index contributed by atoms with van der Waals surface area (Å²) in [6, 6.07) is 2.24. The van der Waals surface area contributed by atoms with Crippen molar-refractivity contribution in [3.05, 3.63) is 23.8 Å². The van der Waals surface area contributed by atoms with Crippen LogP contribution in [-0.4, -0.2) is 16.0 Å². The number of aromatic nitrogens is 2. The lowest BCUT2D eigenvalue weighted by molar-refractivity contribution is 0.485. The van der Waals surface area contributed by atoms with Gasteiger partial charge in [-0.05, 0) is 17.9 Å². The highest BCUT2D eigenvalue weighted by Gasteiger charge is 2.10. The van der Waals surface area contributed by atoms with Gasteiger partial charge < -0.3 is 5.73 Å². The fourth-order valence-corrected chi connectivity index (χ4v) is 1.32. The lowest BCUT2D eigenvalue weighted by Gasteiger charge is -2.15. The zero-order valence-corrected chi connectivity index (χ0v) is 10.1. The van der Waals surface area contributed by atoms with Gasteiger partial charge in [0.05, 0.1) is 0 Å². The Hall–Kier alpha value is -0.960. The Kier molecular flexibility index (Phi) is 4.21. The predicted octanol–water partition coefficient (Wildman–Crippen LogP) is 2.13. The van der Waals surface area contributed by atoms with Gasteiger partial charge in [-0.1, -0.05) is 27.7 Å². The highest BCUT2D eigenvalue weighted by atomic mass is 14.8.